The van der Waals surface area contributed by atoms with E-state index < -0.39 is 0 Å². The van der Waals surface area contributed by atoms with Gasteiger partial charge in [0.15, 0.2) is 0 Å². The van der Waals surface area contributed by atoms with Crippen molar-refractivity contribution in [2.45, 2.75) is 26.3 Å². The van der Waals surface area contributed by atoms with Crippen molar-refractivity contribution in [2.24, 2.45) is 5.92 Å². The predicted octanol–water partition coefficient (Wildman–Crippen LogP) is 2.95. The maximum Gasteiger partial charge on any atom is 0.141 e. The first-order chi connectivity index (χ1) is 10.2. The Morgan fingerprint density at radius 1 is 1.38 bits per heavy atom. The van der Waals surface area contributed by atoms with Gasteiger partial charge in [0, 0.05) is 31.1 Å². The molecule has 1 fully saturated rings. The normalized spacial score (nSPS) is 19.4. The quantitative estimate of drug-likeness (QED) is 0.838. The molecule has 0 saturated carbocycles. The van der Waals surface area contributed by atoms with Crippen LogP contribution in [0, 0.1) is 11.7 Å². The molecular weight excluding hydrogens is 285 g/mol. The van der Waals surface area contributed by atoms with Crippen LogP contribution in [0.15, 0.2) is 18.3 Å². The summed E-state index contributed by atoms with van der Waals surface area (Å²) in [7, 11) is 0. The molecule has 1 aromatic heterocycles. The summed E-state index contributed by atoms with van der Waals surface area (Å²) in [5, 5.41) is 3.58. The smallest absolute Gasteiger partial charge is 0.141 e. The molecule has 1 aliphatic rings. The summed E-state index contributed by atoms with van der Waals surface area (Å²) in [4.78, 5) is 6.82. The second kappa shape index (κ2) is 8.71. The summed E-state index contributed by atoms with van der Waals surface area (Å²) in [6.07, 6.45) is 2.41. The van der Waals surface area contributed by atoms with E-state index in [-0.39, 0.29) is 11.9 Å². The fourth-order valence-electron chi connectivity index (χ4n) is 2.76. The lowest BCUT2D eigenvalue weighted by Crippen LogP contribution is -2.40. The van der Waals surface area contributed by atoms with Crippen LogP contribution in [0.1, 0.15) is 32.0 Å². The summed E-state index contributed by atoms with van der Waals surface area (Å²) in [6, 6.07) is 3.51. The van der Waals surface area contributed by atoms with E-state index in [9.17, 15) is 4.39 Å². The van der Waals surface area contributed by atoms with Crippen molar-refractivity contribution in [3.8, 4) is 0 Å². The van der Waals surface area contributed by atoms with Gasteiger partial charge < -0.3 is 10.2 Å². The average molecular weight is 311 g/mol. The molecule has 2 atom stereocenters. The Morgan fingerprint density at radius 2 is 2.14 bits per heavy atom. The minimum atomic E-state index is -0.270. The zero-order chi connectivity index (χ0) is 15.1. The highest BCUT2D eigenvalue weighted by Gasteiger charge is 2.23. The standard InChI is InChI=1S/C16H26FN3S/c1-3-6-18-16(15-5-4-14(17)11-19-15)13(2)12-20-7-9-21-10-8-20/h4-5,11,13,16,18H,3,6-10,12H2,1-2H3. The van der Waals surface area contributed by atoms with Gasteiger partial charge in [-0.15, -0.1) is 0 Å². The fraction of sp³-hybridized carbons (Fsp3) is 0.688. The van der Waals surface area contributed by atoms with Crippen molar-refractivity contribution >= 4 is 11.8 Å². The van der Waals surface area contributed by atoms with Crippen molar-refractivity contribution in [1.82, 2.24) is 15.2 Å². The lowest BCUT2D eigenvalue weighted by Gasteiger charge is -2.32. The lowest BCUT2D eigenvalue weighted by molar-refractivity contribution is 0.225. The van der Waals surface area contributed by atoms with Gasteiger partial charge in [0.05, 0.1) is 17.9 Å². The molecular formula is C16H26FN3S. The monoisotopic (exact) mass is 311 g/mol. The number of rotatable bonds is 7. The number of aromatic nitrogens is 1. The van der Waals surface area contributed by atoms with E-state index in [0.717, 1.165) is 25.2 Å². The Hall–Kier alpha value is -0.650. The molecule has 21 heavy (non-hydrogen) atoms. The van der Waals surface area contributed by atoms with E-state index in [0.29, 0.717) is 5.92 Å². The number of nitrogens with one attached hydrogen (secondary N) is 1. The molecule has 118 valence electrons. The highest BCUT2D eigenvalue weighted by molar-refractivity contribution is 7.99. The highest BCUT2D eigenvalue weighted by atomic mass is 32.2. The van der Waals surface area contributed by atoms with E-state index in [4.69, 9.17) is 0 Å². The molecule has 3 nitrogen and oxygen atoms in total. The minimum Gasteiger partial charge on any atom is -0.308 e. The summed E-state index contributed by atoms with van der Waals surface area (Å²) in [6.45, 7) is 8.80. The topological polar surface area (TPSA) is 28.2 Å². The van der Waals surface area contributed by atoms with Crippen LogP contribution in [0.4, 0.5) is 4.39 Å². The SMILES string of the molecule is CCCNC(c1ccc(F)cn1)C(C)CN1CCSCC1. The molecule has 1 aliphatic heterocycles. The van der Waals surface area contributed by atoms with Crippen LogP contribution < -0.4 is 5.32 Å². The van der Waals surface area contributed by atoms with E-state index >= 15 is 0 Å². The Balaban J connectivity index is 2.01. The second-order valence-electron chi connectivity index (χ2n) is 5.72. The number of hydrogen-bond acceptors (Lipinski definition) is 4. The largest absolute Gasteiger partial charge is 0.308 e. The molecule has 5 heteroatoms. The van der Waals surface area contributed by atoms with Crippen molar-refractivity contribution in [2.75, 3.05) is 37.7 Å². The van der Waals surface area contributed by atoms with Gasteiger partial charge in [0.1, 0.15) is 5.82 Å². The molecule has 2 heterocycles. The van der Waals surface area contributed by atoms with Crippen LogP contribution in [-0.2, 0) is 0 Å². The molecule has 2 unspecified atom stereocenters. The van der Waals surface area contributed by atoms with Gasteiger partial charge in [0.2, 0.25) is 0 Å². The van der Waals surface area contributed by atoms with Crippen molar-refractivity contribution in [3.63, 3.8) is 0 Å². The molecule has 0 bridgehead atoms. The average Bonchev–Trinajstić information content (AvgIpc) is 2.50. The van der Waals surface area contributed by atoms with Crippen molar-refractivity contribution in [1.29, 1.82) is 0 Å². The first kappa shape index (κ1) is 16.7. The molecule has 1 N–H and O–H groups in total. The van der Waals surface area contributed by atoms with Crippen LogP contribution in [0.25, 0.3) is 0 Å². The zero-order valence-electron chi connectivity index (χ0n) is 13.0. The predicted molar refractivity (Wildman–Crippen MR) is 88.2 cm³/mol. The molecule has 1 aromatic rings. The summed E-state index contributed by atoms with van der Waals surface area (Å²) < 4.78 is 13.1. The summed E-state index contributed by atoms with van der Waals surface area (Å²) in [5.41, 5.74) is 0.948. The molecule has 0 aromatic carbocycles. The Bertz CT molecular complexity index is 406. The molecule has 0 spiro atoms. The van der Waals surface area contributed by atoms with Gasteiger partial charge in [-0.1, -0.05) is 13.8 Å². The third-order valence-corrected chi connectivity index (χ3v) is 4.84. The van der Waals surface area contributed by atoms with Crippen LogP contribution in [0.2, 0.25) is 0 Å². The first-order valence-corrected chi connectivity index (χ1v) is 9.01. The van der Waals surface area contributed by atoms with Gasteiger partial charge in [-0.3, -0.25) is 4.98 Å². The highest BCUT2D eigenvalue weighted by Crippen LogP contribution is 2.22. The number of pyridine rings is 1. The molecule has 0 amide bonds. The number of hydrogen-bond donors (Lipinski definition) is 1. The fourth-order valence-corrected chi connectivity index (χ4v) is 3.74. The molecule has 2 rings (SSSR count). The van der Waals surface area contributed by atoms with Crippen LogP contribution >= 0.6 is 11.8 Å². The summed E-state index contributed by atoms with van der Waals surface area (Å²) >= 11 is 2.03. The molecule has 0 radical (unpaired) electrons. The maximum absolute atomic E-state index is 13.1. The van der Waals surface area contributed by atoms with Gasteiger partial charge in [-0.25, -0.2) is 4.39 Å². The lowest BCUT2D eigenvalue weighted by atomic mass is 9.97. The Kier molecular flexibility index (Phi) is 6.93. The van der Waals surface area contributed by atoms with Crippen LogP contribution in [0.5, 0.6) is 0 Å². The minimum absolute atomic E-state index is 0.195. The van der Waals surface area contributed by atoms with Gasteiger partial charge in [0.25, 0.3) is 0 Å². The first-order valence-electron chi connectivity index (χ1n) is 7.85. The van der Waals surface area contributed by atoms with Crippen molar-refractivity contribution < 1.29 is 4.39 Å². The summed E-state index contributed by atoms with van der Waals surface area (Å²) in [5.74, 6) is 2.65. The van der Waals surface area contributed by atoms with Gasteiger partial charge in [-0.05, 0) is 31.0 Å². The Morgan fingerprint density at radius 3 is 2.76 bits per heavy atom. The van der Waals surface area contributed by atoms with Crippen LogP contribution in [-0.4, -0.2) is 47.6 Å². The number of nitrogens with zero attached hydrogens (tertiary/aromatic N) is 2. The van der Waals surface area contributed by atoms with E-state index in [1.54, 1.807) is 0 Å². The number of halogens is 1. The molecule has 0 aliphatic carbocycles. The Labute approximate surface area is 131 Å². The molecule has 1 saturated heterocycles. The third-order valence-electron chi connectivity index (χ3n) is 3.90. The van der Waals surface area contributed by atoms with Gasteiger partial charge in [-0.2, -0.15) is 11.8 Å². The number of thioether (sulfide) groups is 1. The second-order valence-corrected chi connectivity index (χ2v) is 6.95. The van der Waals surface area contributed by atoms with E-state index in [2.05, 4.69) is 29.0 Å². The van der Waals surface area contributed by atoms with Crippen LogP contribution in [0.3, 0.4) is 0 Å². The van der Waals surface area contributed by atoms with Gasteiger partial charge >= 0.3 is 0 Å². The van der Waals surface area contributed by atoms with E-state index in [1.165, 1.54) is 36.9 Å². The van der Waals surface area contributed by atoms with Crippen molar-refractivity contribution in [3.05, 3.63) is 29.8 Å². The van der Waals surface area contributed by atoms with E-state index in [1.807, 2.05) is 17.8 Å². The third kappa shape index (κ3) is 5.24. The maximum atomic E-state index is 13.1. The zero-order valence-corrected chi connectivity index (χ0v) is 13.8.